The number of amides is 1. The Bertz CT molecular complexity index is 238. The number of rotatable bonds is 8. The van der Waals surface area contributed by atoms with Crippen molar-refractivity contribution in [2.45, 2.75) is 25.0 Å². The molecule has 0 aliphatic rings. The van der Waals surface area contributed by atoms with Crippen molar-refractivity contribution in [2.24, 2.45) is 5.73 Å². The zero-order valence-electron chi connectivity index (χ0n) is 9.18. The molecule has 0 rings (SSSR count). The molecule has 16 heavy (non-hydrogen) atoms. The molecule has 94 valence electrons. The highest BCUT2D eigenvalue weighted by atomic mass is 32.2. The molecule has 5 N–H and O–H groups in total. The van der Waals surface area contributed by atoms with Crippen LogP contribution in [-0.4, -0.2) is 52.8 Å². The Morgan fingerprint density at radius 2 is 2.06 bits per heavy atom. The van der Waals surface area contributed by atoms with Gasteiger partial charge in [0.15, 0.2) is 6.10 Å². The summed E-state index contributed by atoms with van der Waals surface area (Å²) in [6.45, 7) is 0.110. The molecule has 0 radical (unpaired) electrons. The van der Waals surface area contributed by atoms with E-state index in [9.17, 15) is 9.59 Å². The highest BCUT2D eigenvalue weighted by molar-refractivity contribution is 7.98. The van der Waals surface area contributed by atoms with Gasteiger partial charge in [-0.1, -0.05) is 0 Å². The second-order valence-corrected chi connectivity index (χ2v) is 4.31. The van der Waals surface area contributed by atoms with Crippen LogP contribution < -0.4 is 11.1 Å². The Hall–Kier alpha value is -0.790. The number of thioether (sulfide) groups is 1. The third-order valence-corrected chi connectivity index (χ3v) is 2.62. The minimum atomic E-state index is -1.44. The standard InChI is InChI=1S/C9H18N2O4S/c1-16-5-3-6(10)8(13)11-4-2-7(12)9(14)15/h6-7,12H,2-5,10H2,1H3,(H,11,13)(H,14,15)/t6-,7?/m1/s1. The van der Waals surface area contributed by atoms with Crippen molar-refractivity contribution in [1.82, 2.24) is 5.32 Å². The SMILES string of the molecule is CSCC[C@@H](N)C(=O)NCCC(O)C(=O)O. The van der Waals surface area contributed by atoms with Gasteiger partial charge in [-0.2, -0.15) is 11.8 Å². The average Bonchev–Trinajstić information content (AvgIpc) is 2.25. The second kappa shape index (κ2) is 8.37. The van der Waals surface area contributed by atoms with Crippen LogP contribution in [-0.2, 0) is 9.59 Å². The van der Waals surface area contributed by atoms with Gasteiger partial charge in [0.2, 0.25) is 5.91 Å². The third-order valence-electron chi connectivity index (χ3n) is 1.97. The van der Waals surface area contributed by atoms with Gasteiger partial charge in [-0.05, 0) is 18.4 Å². The Labute approximate surface area is 98.6 Å². The summed E-state index contributed by atoms with van der Waals surface area (Å²) in [5.74, 6) is -0.806. The summed E-state index contributed by atoms with van der Waals surface area (Å²) in [4.78, 5) is 21.6. The van der Waals surface area contributed by atoms with Gasteiger partial charge in [-0.15, -0.1) is 0 Å². The highest BCUT2D eigenvalue weighted by Gasteiger charge is 2.15. The summed E-state index contributed by atoms with van der Waals surface area (Å²) < 4.78 is 0. The van der Waals surface area contributed by atoms with Crippen molar-refractivity contribution in [2.75, 3.05) is 18.6 Å². The van der Waals surface area contributed by atoms with Crippen LogP contribution in [0.4, 0.5) is 0 Å². The molecule has 0 saturated carbocycles. The quantitative estimate of drug-likeness (QED) is 0.440. The van der Waals surface area contributed by atoms with Crippen LogP contribution in [0.3, 0.4) is 0 Å². The molecule has 0 aliphatic carbocycles. The van der Waals surface area contributed by atoms with E-state index in [4.69, 9.17) is 15.9 Å². The predicted molar refractivity (Wildman–Crippen MR) is 62.2 cm³/mol. The van der Waals surface area contributed by atoms with Crippen LogP contribution in [0.25, 0.3) is 0 Å². The first-order valence-electron chi connectivity index (χ1n) is 4.92. The maximum atomic E-state index is 11.3. The summed E-state index contributed by atoms with van der Waals surface area (Å²) in [6, 6.07) is -0.575. The van der Waals surface area contributed by atoms with E-state index in [-0.39, 0.29) is 18.9 Å². The first-order chi connectivity index (χ1) is 7.49. The molecule has 0 aliphatic heterocycles. The predicted octanol–water partition coefficient (Wildman–Crippen LogP) is -0.981. The number of aliphatic carboxylic acids is 1. The molecule has 0 bridgehead atoms. The van der Waals surface area contributed by atoms with Crippen molar-refractivity contribution < 1.29 is 19.8 Å². The van der Waals surface area contributed by atoms with Crippen molar-refractivity contribution in [1.29, 1.82) is 0 Å². The number of nitrogens with two attached hydrogens (primary N) is 1. The number of nitrogens with one attached hydrogen (secondary N) is 1. The molecule has 0 aromatic carbocycles. The van der Waals surface area contributed by atoms with Crippen molar-refractivity contribution in [3.05, 3.63) is 0 Å². The highest BCUT2D eigenvalue weighted by Crippen LogP contribution is 1.98. The molecule has 1 unspecified atom stereocenters. The van der Waals surface area contributed by atoms with Gasteiger partial charge in [0.1, 0.15) is 0 Å². The number of aliphatic hydroxyl groups is 1. The Kier molecular flexibility index (Phi) is 7.96. The summed E-state index contributed by atoms with van der Waals surface area (Å²) in [5, 5.41) is 19.8. The lowest BCUT2D eigenvalue weighted by atomic mass is 10.2. The maximum Gasteiger partial charge on any atom is 0.332 e. The molecule has 0 aromatic rings. The number of carboxylic acids is 1. The van der Waals surface area contributed by atoms with E-state index in [0.717, 1.165) is 5.75 Å². The van der Waals surface area contributed by atoms with Gasteiger partial charge in [0.05, 0.1) is 6.04 Å². The maximum absolute atomic E-state index is 11.3. The van der Waals surface area contributed by atoms with E-state index in [2.05, 4.69) is 5.32 Å². The van der Waals surface area contributed by atoms with E-state index in [1.807, 2.05) is 6.26 Å². The fourth-order valence-corrected chi connectivity index (χ4v) is 1.45. The lowest BCUT2D eigenvalue weighted by Crippen LogP contribution is -2.42. The summed E-state index contributed by atoms with van der Waals surface area (Å²) >= 11 is 1.60. The van der Waals surface area contributed by atoms with Crippen LogP contribution in [0.2, 0.25) is 0 Å². The molecule has 0 fully saturated rings. The van der Waals surface area contributed by atoms with Crippen molar-refractivity contribution in [3.8, 4) is 0 Å². The molecular weight excluding hydrogens is 232 g/mol. The van der Waals surface area contributed by atoms with E-state index in [1.165, 1.54) is 0 Å². The van der Waals surface area contributed by atoms with E-state index in [0.29, 0.717) is 6.42 Å². The number of hydrogen-bond donors (Lipinski definition) is 4. The van der Waals surface area contributed by atoms with Gasteiger partial charge < -0.3 is 21.3 Å². The van der Waals surface area contributed by atoms with Gasteiger partial charge in [0.25, 0.3) is 0 Å². The lowest BCUT2D eigenvalue weighted by Gasteiger charge is -2.12. The van der Waals surface area contributed by atoms with Crippen LogP contribution in [0.15, 0.2) is 0 Å². The largest absolute Gasteiger partial charge is 0.479 e. The minimum absolute atomic E-state index is 0.0175. The lowest BCUT2D eigenvalue weighted by molar-refractivity contribution is -0.147. The first-order valence-corrected chi connectivity index (χ1v) is 6.31. The van der Waals surface area contributed by atoms with Gasteiger partial charge in [0, 0.05) is 13.0 Å². The van der Waals surface area contributed by atoms with Gasteiger partial charge in [-0.25, -0.2) is 4.79 Å². The Balaban J connectivity index is 3.68. The van der Waals surface area contributed by atoms with E-state index < -0.39 is 18.1 Å². The molecule has 6 nitrogen and oxygen atoms in total. The number of carbonyl (C=O) groups excluding carboxylic acids is 1. The average molecular weight is 250 g/mol. The zero-order valence-corrected chi connectivity index (χ0v) is 10.00. The normalized spacial score (nSPS) is 14.2. The third kappa shape index (κ3) is 6.65. The van der Waals surface area contributed by atoms with Crippen molar-refractivity contribution >= 4 is 23.6 Å². The monoisotopic (exact) mass is 250 g/mol. The Morgan fingerprint density at radius 1 is 1.44 bits per heavy atom. The van der Waals surface area contributed by atoms with Crippen LogP contribution in [0.5, 0.6) is 0 Å². The van der Waals surface area contributed by atoms with Crippen LogP contribution >= 0.6 is 11.8 Å². The zero-order chi connectivity index (χ0) is 12.6. The number of carboxylic acid groups (broad SMARTS) is 1. The first kappa shape index (κ1) is 15.2. The minimum Gasteiger partial charge on any atom is -0.479 e. The molecule has 0 saturated heterocycles. The number of carbonyl (C=O) groups is 2. The topological polar surface area (TPSA) is 113 Å². The molecule has 0 spiro atoms. The summed E-state index contributed by atoms with van der Waals surface area (Å²) in [6.07, 6.45) is 1.04. The Morgan fingerprint density at radius 3 is 2.56 bits per heavy atom. The summed E-state index contributed by atoms with van der Waals surface area (Å²) in [5.41, 5.74) is 5.58. The van der Waals surface area contributed by atoms with E-state index >= 15 is 0 Å². The van der Waals surface area contributed by atoms with Crippen molar-refractivity contribution in [3.63, 3.8) is 0 Å². The fraction of sp³-hybridized carbons (Fsp3) is 0.778. The van der Waals surface area contributed by atoms with Crippen LogP contribution in [0.1, 0.15) is 12.8 Å². The van der Waals surface area contributed by atoms with Gasteiger partial charge >= 0.3 is 5.97 Å². The number of hydrogen-bond acceptors (Lipinski definition) is 5. The van der Waals surface area contributed by atoms with E-state index in [1.54, 1.807) is 11.8 Å². The summed E-state index contributed by atoms with van der Waals surface area (Å²) in [7, 11) is 0. The molecule has 1 amide bonds. The second-order valence-electron chi connectivity index (χ2n) is 3.32. The molecule has 2 atom stereocenters. The smallest absolute Gasteiger partial charge is 0.332 e. The van der Waals surface area contributed by atoms with Crippen LogP contribution in [0, 0.1) is 0 Å². The fourth-order valence-electron chi connectivity index (χ4n) is 0.963. The molecule has 0 aromatic heterocycles. The molecule has 7 heteroatoms. The van der Waals surface area contributed by atoms with Gasteiger partial charge in [-0.3, -0.25) is 4.79 Å². The molecular formula is C9H18N2O4S. The number of aliphatic hydroxyl groups excluding tert-OH is 1. The molecule has 0 heterocycles.